The molecule has 0 amide bonds. The van der Waals surface area contributed by atoms with Crippen LogP contribution in [-0.2, 0) is 0 Å². The van der Waals surface area contributed by atoms with Gasteiger partial charge in [-0.1, -0.05) is 0 Å². The van der Waals surface area contributed by atoms with Crippen molar-refractivity contribution in [3.63, 3.8) is 0 Å². The average molecular weight is 314 g/mol. The molecule has 0 heterocycles. The smallest absolute Gasteiger partial charge is 0.0825 e. The first-order chi connectivity index (χ1) is 5.46. The van der Waals surface area contributed by atoms with E-state index in [1.54, 1.807) is 0 Å². The van der Waals surface area contributed by atoms with Crippen LogP contribution in [-0.4, -0.2) is 0 Å². The first-order valence-corrected chi connectivity index (χ1v) is 3.23. The Morgan fingerprint density at radius 2 is 0.375 bits per heavy atom. The quantitative estimate of drug-likeness (QED) is 0.390. The first kappa shape index (κ1) is 24.4. The van der Waals surface area contributed by atoms with Gasteiger partial charge < -0.3 is 34.4 Å². The fourth-order valence-corrected chi connectivity index (χ4v) is 0.871. The second-order valence-corrected chi connectivity index (χ2v) is 2.48. The van der Waals surface area contributed by atoms with Gasteiger partial charge in [0.1, 0.15) is 0 Å². The van der Waals surface area contributed by atoms with E-state index >= 15 is 0 Å². The fourth-order valence-electron chi connectivity index (χ4n) is 0.871. The van der Waals surface area contributed by atoms with Crippen molar-refractivity contribution in [3.8, 4) is 0 Å². The highest BCUT2D eigenvalue weighted by Crippen LogP contribution is 2.39. The van der Waals surface area contributed by atoms with Crippen LogP contribution in [0.2, 0.25) is 0 Å². The maximum atomic E-state index is 5.49. The second kappa shape index (κ2) is 8.35. The van der Waals surface area contributed by atoms with Gasteiger partial charge in [0.25, 0.3) is 0 Å². The van der Waals surface area contributed by atoms with E-state index in [1.807, 2.05) is 0 Å². The third kappa shape index (κ3) is 3.64. The van der Waals surface area contributed by atoms with Crippen molar-refractivity contribution in [1.82, 2.24) is 0 Å². The van der Waals surface area contributed by atoms with Gasteiger partial charge in [0, 0.05) is 0 Å². The van der Waals surface area contributed by atoms with Gasteiger partial charge in [-0.2, -0.15) is 0 Å². The average Bonchev–Trinajstić information content (AvgIpc) is 2.08. The summed E-state index contributed by atoms with van der Waals surface area (Å²) in [5.41, 5.74) is 34.0. The molecule has 0 saturated carbocycles. The highest BCUT2D eigenvalue weighted by atomic mass is 35.5. The van der Waals surface area contributed by atoms with Crippen molar-refractivity contribution in [1.29, 1.82) is 0 Å². The van der Waals surface area contributed by atoms with Crippen molar-refractivity contribution >= 4 is 83.8 Å². The van der Waals surface area contributed by atoms with E-state index in [9.17, 15) is 0 Å². The summed E-state index contributed by atoms with van der Waals surface area (Å²) in [5.74, 6) is 0. The number of benzene rings is 1. The summed E-state index contributed by atoms with van der Waals surface area (Å²) in [4.78, 5) is 0. The first-order valence-electron chi connectivity index (χ1n) is 3.23. The second-order valence-electron chi connectivity index (χ2n) is 2.48. The Hall–Kier alpha value is -0.820. The molecule has 1 rings (SSSR count). The zero-order valence-electron chi connectivity index (χ0n) is 8.10. The monoisotopic (exact) mass is 312 g/mol. The molecule has 0 unspecified atom stereocenters. The summed E-state index contributed by atoms with van der Waals surface area (Å²) in [5, 5.41) is 0. The molecule has 0 radical (unpaired) electrons. The molecule has 0 saturated heterocycles. The summed E-state index contributed by atoms with van der Waals surface area (Å²) in [6.45, 7) is 0. The van der Waals surface area contributed by atoms with Gasteiger partial charge in [-0.3, -0.25) is 0 Å². The molecular formula is C6H16Cl4N6. The minimum Gasteiger partial charge on any atom is -0.395 e. The van der Waals surface area contributed by atoms with Crippen molar-refractivity contribution in [2.24, 2.45) is 0 Å². The van der Waals surface area contributed by atoms with Crippen molar-refractivity contribution in [2.75, 3.05) is 34.4 Å². The van der Waals surface area contributed by atoms with Gasteiger partial charge in [-0.25, -0.2) is 0 Å². The Bertz CT molecular complexity index is 239. The molecule has 10 heteroatoms. The third-order valence-electron chi connectivity index (χ3n) is 1.74. The maximum absolute atomic E-state index is 5.49. The van der Waals surface area contributed by atoms with Crippen LogP contribution < -0.4 is 34.4 Å². The molecule has 0 spiro atoms. The molecule has 0 aliphatic carbocycles. The van der Waals surface area contributed by atoms with Crippen molar-refractivity contribution in [2.45, 2.75) is 0 Å². The lowest BCUT2D eigenvalue weighted by Crippen LogP contribution is -2.10. The molecule has 0 aliphatic heterocycles. The lowest BCUT2D eigenvalue weighted by atomic mass is 10.1. The number of nitrogen functional groups attached to an aromatic ring is 6. The summed E-state index contributed by atoms with van der Waals surface area (Å²) >= 11 is 0. The van der Waals surface area contributed by atoms with Gasteiger partial charge in [0.05, 0.1) is 34.1 Å². The maximum Gasteiger partial charge on any atom is 0.0825 e. The minimum atomic E-state index is 0. The molecule has 6 nitrogen and oxygen atoms in total. The van der Waals surface area contributed by atoms with Crippen LogP contribution in [0.3, 0.4) is 0 Å². The van der Waals surface area contributed by atoms with E-state index in [0.717, 1.165) is 0 Å². The Labute approximate surface area is 118 Å². The van der Waals surface area contributed by atoms with E-state index in [1.165, 1.54) is 0 Å². The van der Waals surface area contributed by atoms with Gasteiger partial charge in [0.2, 0.25) is 0 Å². The molecule has 12 N–H and O–H groups in total. The standard InChI is InChI=1S/C6H12N6.4ClH/c7-1-2(8)4(10)6(12)5(11)3(1)9;;;;/h7-12H2;4*1H. The highest BCUT2D eigenvalue weighted by Gasteiger charge is 2.12. The number of rotatable bonds is 0. The van der Waals surface area contributed by atoms with E-state index < -0.39 is 0 Å². The van der Waals surface area contributed by atoms with E-state index in [-0.39, 0.29) is 83.8 Å². The van der Waals surface area contributed by atoms with Crippen LogP contribution in [0.15, 0.2) is 0 Å². The minimum absolute atomic E-state index is 0. The Balaban J connectivity index is -0.000000180. The van der Waals surface area contributed by atoms with Gasteiger partial charge in [-0.05, 0) is 0 Å². The molecule has 16 heavy (non-hydrogen) atoms. The summed E-state index contributed by atoms with van der Waals surface area (Å²) < 4.78 is 0. The van der Waals surface area contributed by atoms with Crippen LogP contribution in [0.4, 0.5) is 34.1 Å². The van der Waals surface area contributed by atoms with Crippen LogP contribution in [0.25, 0.3) is 0 Å². The Kier molecular flexibility index (Phi) is 12.7. The zero-order chi connectivity index (χ0) is 9.46. The van der Waals surface area contributed by atoms with Gasteiger partial charge in [-0.15, -0.1) is 49.6 Å². The van der Waals surface area contributed by atoms with Crippen LogP contribution in [0.5, 0.6) is 0 Å². The largest absolute Gasteiger partial charge is 0.395 e. The van der Waals surface area contributed by atoms with Crippen LogP contribution >= 0.6 is 49.6 Å². The SMILES string of the molecule is Cl.Cl.Cl.Cl.Nc1c(N)c(N)c(N)c(N)c1N. The number of nitrogens with two attached hydrogens (primary N) is 6. The molecular weight excluding hydrogens is 298 g/mol. The number of anilines is 6. The van der Waals surface area contributed by atoms with Gasteiger partial charge in [0.15, 0.2) is 0 Å². The predicted molar refractivity (Wildman–Crippen MR) is 81.9 cm³/mol. The molecule has 0 bridgehead atoms. The summed E-state index contributed by atoms with van der Waals surface area (Å²) in [7, 11) is 0. The fraction of sp³-hybridized carbons (Fsp3) is 0. The van der Waals surface area contributed by atoms with Crippen molar-refractivity contribution in [3.05, 3.63) is 0 Å². The molecule has 0 aliphatic rings. The Morgan fingerprint density at radius 3 is 0.438 bits per heavy atom. The van der Waals surface area contributed by atoms with Gasteiger partial charge >= 0.3 is 0 Å². The summed E-state index contributed by atoms with van der Waals surface area (Å²) in [6.07, 6.45) is 0. The van der Waals surface area contributed by atoms with Crippen LogP contribution in [0, 0.1) is 0 Å². The highest BCUT2D eigenvalue weighted by molar-refractivity contribution is 6.02. The number of halogens is 4. The predicted octanol–water partition coefficient (Wildman–Crippen LogP) is 0.867. The van der Waals surface area contributed by atoms with E-state index in [0.29, 0.717) is 0 Å². The molecule has 98 valence electrons. The van der Waals surface area contributed by atoms with E-state index in [2.05, 4.69) is 0 Å². The Morgan fingerprint density at radius 1 is 0.312 bits per heavy atom. The normalized spacial score (nSPS) is 7.50. The molecule has 0 atom stereocenters. The number of hydrogen-bond donors (Lipinski definition) is 6. The van der Waals surface area contributed by atoms with Crippen molar-refractivity contribution < 1.29 is 0 Å². The topological polar surface area (TPSA) is 156 Å². The molecule has 0 aromatic heterocycles. The number of hydrogen-bond acceptors (Lipinski definition) is 6. The lowest BCUT2D eigenvalue weighted by Gasteiger charge is -2.13. The van der Waals surface area contributed by atoms with E-state index in [4.69, 9.17) is 34.4 Å². The molecule has 1 aromatic carbocycles. The molecule has 1 aromatic rings. The third-order valence-corrected chi connectivity index (χ3v) is 1.74. The van der Waals surface area contributed by atoms with Crippen LogP contribution in [0.1, 0.15) is 0 Å². The zero-order valence-corrected chi connectivity index (χ0v) is 11.4. The summed E-state index contributed by atoms with van der Waals surface area (Å²) in [6, 6.07) is 0. The molecule has 0 fully saturated rings. The lowest BCUT2D eigenvalue weighted by molar-refractivity contribution is 1.61.